The minimum absolute atomic E-state index is 0.0627. The summed E-state index contributed by atoms with van der Waals surface area (Å²) in [6, 6.07) is 18.2. The van der Waals surface area contributed by atoms with Gasteiger partial charge in [0.2, 0.25) is 11.8 Å². The van der Waals surface area contributed by atoms with Gasteiger partial charge in [-0.2, -0.15) is 0 Å². The van der Waals surface area contributed by atoms with Crippen molar-refractivity contribution in [2.75, 3.05) is 5.32 Å². The van der Waals surface area contributed by atoms with Crippen molar-refractivity contribution in [2.45, 2.75) is 19.4 Å². The molecule has 1 aliphatic rings. The number of pyridine rings is 1. The van der Waals surface area contributed by atoms with Crippen LogP contribution in [0.5, 0.6) is 11.6 Å². The normalized spacial score (nSPS) is 12.8. The quantitative estimate of drug-likeness (QED) is 0.519. The van der Waals surface area contributed by atoms with Crippen LogP contribution in [-0.4, -0.2) is 16.8 Å². The third-order valence-corrected chi connectivity index (χ3v) is 5.16. The Balaban J connectivity index is 1.31. The second kappa shape index (κ2) is 9.09. The van der Waals surface area contributed by atoms with E-state index in [0.717, 1.165) is 28.6 Å². The Labute approximate surface area is 182 Å². The van der Waals surface area contributed by atoms with Crippen molar-refractivity contribution in [3.05, 3.63) is 82.5 Å². The molecule has 1 saturated carbocycles. The SMILES string of the molecule is O=C(NCc1cccc(NC(=O)C2CC2)c1)c1ccc(Oc2ccc(Br)cc2)nc1. The van der Waals surface area contributed by atoms with Crippen molar-refractivity contribution in [3.63, 3.8) is 0 Å². The van der Waals surface area contributed by atoms with Gasteiger partial charge in [0.25, 0.3) is 5.91 Å². The molecule has 0 radical (unpaired) electrons. The number of halogens is 1. The lowest BCUT2D eigenvalue weighted by Gasteiger charge is -2.09. The van der Waals surface area contributed by atoms with Crippen molar-refractivity contribution < 1.29 is 14.3 Å². The molecule has 1 aliphatic carbocycles. The van der Waals surface area contributed by atoms with Gasteiger partial charge in [0.1, 0.15) is 5.75 Å². The van der Waals surface area contributed by atoms with Gasteiger partial charge in [-0.25, -0.2) is 4.98 Å². The Bertz CT molecular complexity index is 1050. The van der Waals surface area contributed by atoms with Gasteiger partial charge in [0.15, 0.2) is 0 Å². The van der Waals surface area contributed by atoms with Crippen molar-refractivity contribution in [2.24, 2.45) is 5.92 Å². The molecule has 0 aliphatic heterocycles. The van der Waals surface area contributed by atoms with Crippen LogP contribution in [0, 0.1) is 5.92 Å². The Hall–Kier alpha value is -3.19. The highest BCUT2D eigenvalue weighted by molar-refractivity contribution is 9.10. The number of hydrogen-bond donors (Lipinski definition) is 2. The zero-order chi connectivity index (χ0) is 20.9. The van der Waals surface area contributed by atoms with Gasteiger partial charge in [-0.15, -0.1) is 0 Å². The zero-order valence-electron chi connectivity index (χ0n) is 16.1. The van der Waals surface area contributed by atoms with Crippen molar-refractivity contribution in [3.8, 4) is 11.6 Å². The van der Waals surface area contributed by atoms with E-state index >= 15 is 0 Å². The molecule has 2 aromatic carbocycles. The summed E-state index contributed by atoms with van der Waals surface area (Å²) in [7, 11) is 0. The van der Waals surface area contributed by atoms with E-state index in [-0.39, 0.29) is 17.7 Å². The first kappa shape index (κ1) is 20.1. The van der Waals surface area contributed by atoms with Gasteiger partial charge in [-0.3, -0.25) is 9.59 Å². The maximum Gasteiger partial charge on any atom is 0.253 e. The maximum absolute atomic E-state index is 12.4. The first-order chi connectivity index (χ1) is 14.6. The maximum atomic E-state index is 12.4. The molecule has 1 fully saturated rings. The lowest BCUT2D eigenvalue weighted by atomic mass is 10.2. The molecular weight excluding hydrogens is 446 g/mol. The first-order valence-corrected chi connectivity index (χ1v) is 10.4. The van der Waals surface area contributed by atoms with E-state index in [0.29, 0.717) is 23.7 Å². The Morgan fingerprint density at radius 2 is 1.87 bits per heavy atom. The Morgan fingerprint density at radius 3 is 2.57 bits per heavy atom. The smallest absolute Gasteiger partial charge is 0.253 e. The molecule has 0 bridgehead atoms. The van der Waals surface area contributed by atoms with Crippen LogP contribution in [0.1, 0.15) is 28.8 Å². The number of ether oxygens (including phenoxy) is 1. The topological polar surface area (TPSA) is 80.3 Å². The minimum atomic E-state index is -0.231. The summed E-state index contributed by atoms with van der Waals surface area (Å²) < 4.78 is 6.63. The number of anilines is 1. The van der Waals surface area contributed by atoms with Crippen LogP contribution in [0.2, 0.25) is 0 Å². The van der Waals surface area contributed by atoms with E-state index in [1.807, 2.05) is 48.5 Å². The van der Waals surface area contributed by atoms with E-state index in [1.54, 1.807) is 12.1 Å². The highest BCUT2D eigenvalue weighted by atomic mass is 79.9. The molecule has 6 nitrogen and oxygen atoms in total. The fourth-order valence-electron chi connectivity index (χ4n) is 2.83. The third kappa shape index (κ3) is 5.45. The number of nitrogens with one attached hydrogen (secondary N) is 2. The fraction of sp³-hybridized carbons (Fsp3) is 0.174. The Morgan fingerprint density at radius 1 is 1.07 bits per heavy atom. The molecule has 152 valence electrons. The average Bonchev–Trinajstić information content (AvgIpc) is 3.60. The number of rotatable bonds is 7. The molecule has 0 unspecified atom stereocenters. The largest absolute Gasteiger partial charge is 0.439 e. The number of carbonyl (C=O) groups excluding carboxylic acids is 2. The summed E-state index contributed by atoms with van der Waals surface area (Å²) in [6.45, 7) is 0.350. The lowest BCUT2D eigenvalue weighted by Crippen LogP contribution is -2.23. The predicted molar refractivity (Wildman–Crippen MR) is 117 cm³/mol. The summed E-state index contributed by atoms with van der Waals surface area (Å²) in [6.07, 6.45) is 3.40. The highest BCUT2D eigenvalue weighted by Gasteiger charge is 2.29. The number of nitrogens with zero attached hydrogens (tertiary/aromatic N) is 1. The molecule has 1 aromatic heterocycles. The average molecular weight is 466 g/mol. The van der Waals surface area contributed by atoms with Gasteiger partial charge >= 0.3 is 0 Å². The minimum Gasteiger partial charge on any atom is -0.439 e. The van der Waals surface area contributed by atoms with Crippen molar-refractivity contribution in [1.29, 1.82) is 0 Å². The van der Waals surface area contributed by atoms with E-state index in [4.69, 9.17) is 4.74 Å². The molecule has 2 amide bonds. The molecular formula is C23H20BrN3O3. The monoisotopic (exact) mass is 465 g/mol. The van der Waals surface area contributed by atoms with Gasteiger partial charge in [-0.05, 0) is 60.9 Å². The number of aromatic nitrogens is 1. The van der Waals surface area contributed by atoms with Crippen LogP contribution in [0.15, 0.2) is 71.3 Å². The molecule has 1 heterocycles. The van der Waals surface area contributed by atoms with E-state index in [2.05, 4.69) is 31.5 Å². The van der Waals surface area contributed by atoms with Crippen LogP contribution < -0.4 is 15.4 Å². The Kier molecular flexibility index (Phi) is 6.09. The van der Waals surface area contributed by atoms with Crippen LogP contribution in [0.25, 0.3) is 0 Å². The zero-order valence-corrected chi connectivity index (χ0v) is 17.7. The number of carbonyl (C=O) groups is 2. The van der Waals surface area contributed by atoms with Crippen LogP contribution in [-0.2, 0) is 11.3 Å². The highest BCUT2D eigenvalue weighted by Crippen LogP contribution is 2.30. The molecule has 30 heavy (non-hydrogen) atoms. The summed E-state index contributed by atoms with van der Waals surface area (Å²) in [5.74, 6) is 1.05. The number of benzene rings is 2. The van der Waals surface area contributed by atoms with Crippen LogP contribution in [0.4, 0.5) is 5.69 Å². The molecule has 0 spiro atoms. The lowest BCUT2D eigenvalue weighted by molar-refractivity contribution is -0.117. The molecule has 0 atom stereocenters. The van der Waals surface area contributed by atoms with Crippen molar-refractivity contribution >= 4 is 33.4 Å². The second-order valence-corrected chi connectivity index (χ2v) is 8.00. The fourth-order valence-corrected chi connectivity index (χ4v) is 3.10. The van der Waals surface area contributed by atoms with E-state index in [1.165, 1.54) is 6.20 Å². The first-order valence-electron chi connectivity index (χ1n) is 9.64. The van der Waals surface area contributed by atoms with Gasteiger partial charge in [0.05, 0.1) is 5.56 Å². The second-order valence-electron chi connectivity index (χ2n) is 7.09. The molecule has 0 saturated heterocycles. The third-order valence-electron chi connectivity index (χ3n) is 4.63. The standard InChI is InChI=1S/C23H20BrN3O3/c24-18-7-9-20(10-8-18)30-21-11-6-17(14-25-21)22(28)26-13-15-2-1-3-19(12-15)27-23(29)16-4-5-16/h1-3,6-12,14,16H,4-5,13H2,(H,26,28)(H,27,29). The summed E-state index contributed by atoms with van der Waals surface area (Å²) in [4.78, 5) is 28.5. The van der Waals surface area contributed by atoms with Gasteiger partial charge < -0.3 is 15.4 Å². The molecule has 7 heteroatoms. The van der Waals surface area contributed by atoms with Gasteiger partial charge in [0, 0.05) is 34.9 Å². The molecule has 2 N–H and O–H groups in total. The van der Waals surface area contributed by atoms with Crippen molar-refractivity contribution in [1.82, 2.24) is 10.3 Å². The number of hydrogen-bond acceptors (Lipinski definition) is 4. The summed E-state index contributed by atoms with van der Waals surface area (Å²) in [5.41, 5.74) is 2.09. The summed E-state index contributed by atoms with van der Waals surface area (Å²) in [5, 5.41) is 5.78. The van der Waals surface area contributed by atoms with Gasteiger partial charge in [-0.1, -0.05) is 28.1 Å². The van der Waals surface area contributed by atoms with Crippen LogP contribution >= 0.6 is 15.9 Å². The predicted octanol–water partition coefficient (Wildman–Crippen LogP) is 4.91. The van der Waals surface area contributed by atoms with Crippen LogP contribution in [0.3, 0.4) is 0 Å². The summed E-state index contributed by atoms with van der Waals surface area (Å²) >= 11 is 3.38. The molecule has 3 aromatic rings. The number of amides is 2. The van der Waals surface area contributed by atoms with E-state index in [9.17, 15) is 9.59 Å². The molecule has 4 rings (SSSR count). The van der Waals surface area contributed by atoms with E-state index < -0.39 is 0 Å².